The number of Topliss-reactive ketones (excluding diaryl/α,β-unsaturated/α-hetero) is 4. The number of hydrogen-bond acceptors (Lipinski definition) is 11. The number of pyridine rings is 1. The topological polar surface area (TPSA) is 187 Å². The molecule has 0 amide bonds. The first-order chi connectivity index (χ1) is 19.8. The number of allylic oxidation sites excluding steroid dienone is 2. The molecule has 1 spiro atoms. The zero-order chi connectivity index (χ0) is 30.6. The van der Waals surface area contributed by atoms with Gasteiger partial charge < -0.3 is 30.0 Å². The molecule has 1 atom stereocenters. The summed E-state index contributed by atoms with van der Waals surface area (Å²) in [5.41, 5.74) is -5.01. The number of carbonyl (C=O) groups excluding carboxylic acids is 4. The Labute approximate surface area is 252 Å². The van der Waals surface area contributed by atoms with Crippen LogP contribution >= 0.6 is 31.9 Å². The van der Waals surface area contributed by atoms with Crippen LogP contribution in [0.2, 0.25) is 0 Å². The molecule has 4 N–H and O–H groups in total. The fraction of sp³-hybridized carbons (Fsp3) is 0.214. The molecule has 214 valence electrons. The Hall–Kier alpha value is -4.30. The number of aromatic hydroxyl groups is 3. The lowest BCUT2D eigenvalue weighted by Gasteiger charge is -2.25. The van der Waals surface area contributed by atoms with Crippen LogP contribution in [0, 0.1) is 0 Å². The SMILES string of the molecule is CON=Cc1cc2c(Br)c3c(c(O)c2c(=O)[nH]1)[C@]1(CC3)C(=O)c2c(O)c3c(c(O)c2C1=O)C(=O)C(N(C)C)=C(Br)C3=O. The van der Waals surface area contributed by atoms with Crippen LogP contribution < -0.4 is 5.56 Å². The maximum Gasteiger partial charge on any atom is 0.260 e. The lowest BCUT2D eigenvalue weighted by molar-refractivity contribution is 0.0790. The number of ketones is 4. The molecule has 0 aliphatic heterocycles. The van der Waals surface area contributed by atoms with Crippen molar-refractivity contribution in [3.8, 4) is 17.2 Å². The van der Waals surface area contributed by atoms with E-state index in [2.05, 4.69) is 46.8 Å². The quantitative estimate of drug-likeness (QED) is 0.137. The second-order valence-corrected chi connectivity index (χ2v) is 11.8. The number of rotatable bonds is 3. The van der Waals surface area contributed by atoms with Crippen molar-refractivity contribution in [2.45, 2.75) is 18.3 Å². The van der Waals surface area contributed by atoms with E-state index in [1.54, 1.807) is 0 Å². The number of nitrogens with one attached hydrogen (secondary N) is 1. The minimum atomic E-state index is -2.14. The lowest BCUT2D eigenvalue weighted by atomic mass is 9.76. The van der Waals surface area contributed by atoms with Crippen molar-refractivity contribution in [1.29, 1.82) is 0 Å². The zero-order valence-corrected chi connectivity index (χ0v) is 25.2. The third-order valence-corrected chi connectivity index (χ3v) is 9.65. The molecule has 3 aromatic rings. The van der Waals surface area contributed by atoms with Crippen LogP contribution in [-0.2, 0) is 16.7 Å². The number of likely N-dealkylation sites (N-methyl/N-ethyl adjacent to an activating group) is 1. The molecule has 2 aromatic carbocycles. The first-order valence-corrected chi connectivity index (χ1v) is 13.9. The highest BCUT2D eigenvalue weighted by atomic mass is 79.9. The predicted molar refractivity (Wildman–Crippen MR) is 155 cm³/mol. The van der Waals surface area contributed by atoms with Crippen LogP contribution in [0.25, 0.3) is 10.8 Å². The lowest BCUT2D eigenvalue weighted by Crippen LogP contribution is -2.36. The Morgan fingerprint density at radius 2 is 1.55 bits per heavy atom. The molecule has 6 rings (SSSR count). The van der Waals surface area contributed by atoms with Gasteiger partial charge >= 0.3 is 0 Å². The second-order valence-electron chi connectivity index (χ2n) is 10.3. The van der Waals surface area contributed by atoms with Crippen LogP contribution in [0.1, 0.15) is 64.7 Å². The number of oxime groups is 1. The Kier molecular flexibility index (Phi) is 6.03. The third-order valence-electron chi connectivity index (χ3n) is 8.01. The maximum atomic E-state index is 14.2. The van der Waals surface area contributed by atoms with Crippen LogP contribution in [0.4, 0.5) is 0 Å². The number of aromatic nitrogens is 1. The average Bonchev–Trinajstić information content (AvgIpc) is 3.44. The van der Waals surface area contributed by atoms with Gasteiger partial charge in [0.15, 0.2) is 11.6 Å². The van der Waals surface area contributed by atoms with Gasteiger partial charge in [0.2, 0.25) is 11.6 Å². The molecule has 1 heterocycles. The highest BCUT2D eigenvalue weighted by Crippen LogP contribution is 2.59. The molecule has 1 aromatic heterocycles. The molecular formula is C28H19Br2N3O9. The third kappa shape index (κ3) is 3.21. The summed E-state index contributed by atoms with van der Waals surface area (Å²) in [6, 6.07) is 1.53. The van der Waals surface area contributed by atoms with Crippen LogP contribution in [0.3, 0.4) is 0 Å². The second kappa shape index (κ2) is 9.10. The number of phenolic OH excluding ortho intramolecular Hbond substituents is 3. The molecule has 0 bridgehead atoms. The number of H-pyrrole nitrogens is 1. The normalized spacial score (nSPS) is 19.4. The van der Waals surface area contributed by atoms with E-state index in [0.717, 1.165) is 0 Å². The van der Waals surface area contributed by atoms with Crippen molar-refractivity contribution >= 4 is 72.0 Å². The van der Waals surface area contributed by atoms with Gasteiger partial charge in [0.25, 0.3) is 5.56 Å². The van der Waals surface area contributed by atoms with Gasteiger partial charge in [-0.25, -0.2) is 0 Å². The van der Waals surface area contributed by atoms with Gasteiger partial charge in [0.1, 0.15) is 35.5 Å². The highest BCUT2D eigenvalue weighted by Gasteiger charge is 2.62. The molecular weight excluding hydrogens is 682 g/mol. The van der Waals surface area contributed by atoms with Gasteiger partial charge in [-0.2, -0.15) is 0 Å². The van der Waals surface area contributed by atoms with E-state index >= 15 is 0 Å². The van der Waals surface area contributed by atoms with Crippen molar-refractivity contribution in [3.05, 3.63) is 70.1 Å². The van der Waals surface area contributed by atoms with Gasteiger partial charge in [-0.15, -0.1) is 0 Å². The largest absolute Gasteiger partial charge is 0.507 e. The average molecular weight is 701 g/mol. The minimum absolute atomic E-state index is 0.0934. The van der Waals surface area contributed by atoms with Gasteiger partial charge in [-0.1, -0.05) is 5.16 Å². The monoisotopic (exact) mass is 699 g/mol. The molecule has 0 unspecified atom stereocenters. The first-order valence-electron chi connectivity index (χ1n) is 12.4. The van der Waals surface area contributed by atoms with Crippen molar-refractivity contribution < 1.29 is 39.3 Å². The van der Waals surface area contributed by atoms with Crippen LogP contribution in [0.15, 0.2) is 30.7 Å². The number of carbonyl (C=O) groups is 4. The molecule has 3 aliphatic rings. The Bertz CT molecular complexity index is 2010. The molecule has 14 heteroatoms. The van der Waals surface area contributed by atoms with Gasteiger partial charge in [0, 0.05) is 29.5 Å². The predicted octanol–water partition coefficient (Wildman–Crippen LogP) is 3.20. The number of nitrogens with zero attached hydrogens (tertiary/aromatic N) is 2. The number of aromatic amines is 1. The van der Waals surface area contributed by atoms with E-state index in [-0.39, 0.29) is 45.1 Å². The highest BCUT2D eigenvalue weighted by molar-refractivity contribution is 9.12. The van der Waals surface area contributed by atoms with E-state index in [9.17, 15) is 39.3 Å². The Morgan fingerprint density at radius 3 is 2.12 bits per heavy atom. The summed E-state index contributed by atoms with van der Waals surface area (Å²) in [6.07, 6.45) is 1.17. The van der Waals surface area contributed by atoms with Crippen LogP contribution in [-0.4, -0.2) is 75.8 Å². The Morgan fingerprint density at radius 1 is 0.952 bits per heavy atom. The van der Waals surface area contributed by atoms with E-state index in [1.165, 1.54) is 38.4 Å². The van der Waals surface area contributed by atoms with Crippen molar-refractivity contribution in [3.63, 3.8) is 0 Å². The number of benzene rings is 2. The molecule has 12 nitrogen and oxygen atoms in total. The fourth-order valence-corrected chi connectivity index (χ4v) is 7.71. The summed E-state index contributed by atoms with van der Waals surface area (Å²) in [5, 5.41) is 37.8. The van der Waals surface area contributed by atoms with Crippen molar-refractivity contribution in [2.24, 2.45) is 5.16 Å². The Balaban J connectivity index is 1.64. The van der Waals surface area contributed by atoms with Gasteiger partial charge in [-0.3, -0.25) is 24.0 Å². The first kappa shape index (κ1) is 27.8. The molecule has 0 saturated carbocycles. The maximum absolute atomic E-state index is 14.2. The molecule has 3 aliphatic carbocycles. The van der Waals surface area contributed by atoms with E-state index in [4.69, 9.17) is 0 Å². The standard InChI is InChI=1S/C28H19Br2N3O9/c1-33(2)19-18(30)23(37)12-13(24(19)38)21(35)15-14(20(12)34)25(39)28(26(15)40)5-4-9-16(28)22(36)11-10(17(9)29)6-8(7-31-42-3)32-27(11)41/h6-7,34-36H,4-5H2,1-3H3,(H,32,41)/t28-/m1/s1. The van der Waals surface area contributed by atoms with E-state index in [1.807, 2.05) is 0 Å². The molecule has 0 fully saturated rings. The van der Waals surface area contributed by atoms with Gasteiger partial charge in [0.05, 0.1) is 44.0 Å². The smallest absolute Gasteiger partial charge is 0.260 e. The van der Waals surface area contributed by atoms with Crippen LogP contribution in [0.5, 0.6) is 17.2 Å². The number of phenols is 3. The zero-order valence-electron chi connectivity index (χ0n) is 22.0. The minimum Gasteiger partial charge on any atom is -0.507 e. The number of fused-ring (bicyclic) bond motifs is 5. The fourth-order valence-electron chi connectivity index (χ4n) is 6.27. The summed E-state index contributed by atoms with van der Waals surface area (Å²) in [7, 11) is 4.32. The van der Waals surface area contributed by atoms with Crippen molar-refractivity contribution in [1.82, 2.24) is 9.88 Å². The van der Waals surface area contributed by atoms with Gasteiger partial charge in [-0.05, 0) is 56.3 Å². The number of hydrogen-bond donors (Lipinski definition) is 4. The number of halogens is 2. The summed E-state index contributed by atoms with van der Waals surface area (Å²) in [4.78, 5) is 76.7. The van der Waals surface area contributed by atoms with E-state index < -0.39 is 73.6 Å². The van der Waals surface area contributed by atoms with E-state index in [0.29, 0.717) is 10.0 Å². The van der Waals surface area contributed by atoms with Crippen molar-refractivity contribution in [2.75, 3.05) is 21.2 Å². The summed E-state index contributed by atoms with van der Waals surface area (Å²) >= 11 is 6.55. The summed E-state index contributed by atoms with van der Waals surface area (Å²) in [5.74, 6) is -6.13. The molecule has 0 radical (unpaired) electrons. The molecule has 0 saturated heterocycles. The molecule has 42 heavy (non-hydrogen) atoms. The summed E-state index contributed by atoms with van der Waals surface area (Å²) in [6.45, 7) is 0. The summed E-state index contributed by atoms with van der Waals surface area (Å²) < 4.78 is 0.151.